The second kappa shape index (κ2) is 11.9. The van der Waals surface area contributed by atoms with Gasteiger partial charge in [0.1, 0.15) is 0 Å². The molecule has 0 bridgehead atoms. The molecule has 0 atom stereocenters. The lowest BCUT2D eigenvalue weighted by atomic mass is 10.2. The van der Waals surface area contributed by atoms with E-state index in [4.69, 9.17) is 32.7 Å². The summed E-state index contributed by atoms with van der Waals surface area (Å²) in [4.78, 5) is 24.4. The molecule has 3 aromatic rings. The molecule has 3 rings (SSSR count). The number of methoxy groups -OCH3 is 1. The van der Waals surface area contributed by atoms with Crippen LogP contribution in [0.3, 0.4) is 0 Å². The number of benzene rings is 3. The molecular formula is C24H20BrCl2N3O4. The van der Waals surface area contributed by atoms with Crippen molar-refractivity contribution in [2.75, 3.05) is 19.0 Å². The number of amides is 2. The fourth-order valence-corrected chi connectivity index (χ4v) is 3.67. The first-order valence-electron chi connectivity index (χ1n) is 9.92. The van der Waals surface area contributed by atoms with Gasteiger partial charge in [-0.05, 0) is 82.5 Å². The highest BCUT2D eigenvalue weighted by atomic mass is 79.9. The Balaban J connectivity index is 1.62. The normalized spacial score (nSPS) is 10.7. The van der Waals surface area contributed by atoms with Crippen LogP contribution in [0.4, 0.5) is 5.69 Å². The van der Waals surface area contributed by atoms with E-state index >= 15 is 0 Å². The largest absolute Gasteiger partial charge is 0.493 e. The first-order valence-corrected chi connectivity index (χ1v) is 11.5. The van der Waals surface area contributed by atoms with E-state index in [1.165, 1.54) is 13.3 Å². The lowest BCUT2D eigenvalue weighted by Crippen LogP contribution is -2.20. The van der Waals surface area contributed by atoms with Gasteiger partial charge in [-0.1, -0.05) is 29.3 Å². The number of hydrazone groups is 1. The highest BCUT2D eigenvalue weighted by Crippen LogP contribution is 2.36. The minimum Gasteiger partial charge on any atom is -0.493 e. The van der Waals surface area contributed by atoms with Crippen LogP contribution < -0.4 is 20.2 Å². The Kier molecular flexibility index (Phi) is 8.92. The second-order valence-corrected chi connectivity index (χ2v) is 8.74. The van der Waals surface area contributed by atoms with Crippen molar-refractivity contribution in [3.05, 3.63) is 85.8 Å². The van der Waals surface area contributed by atoms with Crippen molar-refractivity contribution in [1.29, 1.82) is 0 Å². The van der Waals surface area contributed by atoms with E-state index in [-0.39, 0.29) is 18.4 Å². The number of rotatable bonds is 8. The van der Waals surface area contributed by atoms with Crippen LogP contribution in [0.25, 0.3) is 0 Å². The zero-order valence-electron chi connectivity index (χ0n) is 18.2. The number of aryl methyl sites for hydroxylation is 1. The van der Waals surface area contributed by atoms with Crippen LogP contribution in [0.1, 0.15) is 21.5 Å². The minimum absolute atomic E-state index is 0.245. The summed E-state index contributed by atoms with van der Waals surface area (Å²) in [6, 6.07) is 15.1. The van der Waals surface area contributed by atoms with E-state index in [1.54, 1.807) is 48.5 Å². The number of anilines is 1. The van der Waals surface area contributed by atoms with Crippen LogP contribution in [-0.4, -0.2) is 31.7 Å². The van der Waals surface area contributed by atoms with E-state index in [0.717, 1.165) is 5.56 Å². The third kappa shape index (κ3) is 6.96. The fraction of sp³-hybridized carbons (Fsp3) is 0.125. The summed E-state index contributed by atoms with van der Waals surface area (Å²) in [7, 11) is 1.48. The summed E-state index contributed by atoms with van der Waals surface area (Å²) in [6.07, 6.45) is 1.46. The summed E-state index contributed by atoms with van der Waals surface area (Å²) in [5.74, 6) is -0.00262. The molecule has 2 amide bonds. The number of nitrogens with zero attached hydrogens (tertiary/aromatic N) is 1. The van der Waals surface area contributed by atoms with E-state index in [1.807, 2.05) is 13.0 Å². The summed E-state index contributed by atoms with van der Waals surface area (Å²) in [5, 5.41) is 7.80. The maximum absolute atomic E-state index is 12.3. The average Bonchev–Trinajstić information content (AvgIpc) is 2.80. The lowest BCUT2D eigenvalue weighted by Gasteiger charge is -2.13. The molecular weight excluding hydrogens is 545 g/mol. The Labute approximate surface area is 215 Å². The Hall–Kier alpha value is -3.07. The smallest absolute Gasteiger partial charge is 0.271 e. The molecule has 7 nitrogen and oxygen atoms in total. The quantitative estimate of drug-likeness (QED) is 0.265. The zero-order chi connectivity index (χ0) is 24.7. The number of carbonyl (C=O) groups is 2. The third-order valence-corrected chi connectivity index (χ3v) is 5.79. The van der Waals surface area contributed by atoms with Crippen LogP contribution in [0.2, 0.25) is 10.0 Å². The maximum atomic E-state index is 12.3. The summed E-state index contributed by atoms with van der Waals surface area (Å²) >= 11 is 15.3. The van der Waals surface area contributed by atoms with Crippen LogP contribution in [-0.2, 0) is 4.79 Å². The molecule has 0 saturated carbocycles. The number of hydrogen-bond acceptors (Lipinski definition) is 5. The topological polar surface area (TPSA) is 89.0 Å². The van der Waals surface area contributed by atoms with Crippen molar-refractivity contribution in [2.24, 2.45) is 5.10 Å². The molecule has 0 aliphatic carbocycles. The van der Waals surface area contributed by atoms with Gasteiger partial charge < -0.3 is 14.8 Å². The first kappa shape index (κ1) is 25.6. The Bertz CT molecular complexity index is 1230. The molecule has 3 aromatic carbocycles. The van der Waals surface area contributed by atoms with Gasteiger partial charge in [0.25, 0.3) is 11.8 Å². The molecule has 2 N–H and O–H groups in total. The van der Waals surface area contributed by atoms with E-state index < -0.39 is 0 Å². The van der Waals surface area contributed by atoms with Gasteiger partial charge in [-0.25, -0.2) is 5.43 Å². The van der Waals surface area contributed by atoms with Crippen molar-refractivity contribution in [2.45, 2.75) is 6.92 Å². The van der Waals surface area contributed by atoms with Gasteiger partial charge in [0, 0.05) is 21.3 Å². The third-order valence-electron chi connectivity index (χ3n) is 4.54. The van der Waals surface area contributed by atoms with Crippen molar-refractivity contribution in [1.82, 2.24) is 5.43 Å². The highest BCUT2D eigenvalue weighted by Gasteiger charge is 2.14. The maximum Gasteiger partial charge on any atom is 0.271 e. The summed E-state index contributed by atoms with van der Waals surface area (Å²) < 4.78 is 11.6. The average molecular weight is 565 g/mol. The molecule has 0 aliphatic rings. The number of halogens is 3. The molecule has 10 heteroatoms. The van der Waals surface area contributed by atoms with Crippen LogP contribution in [0.15, 0.2) is 64.2 Å². The fourth-order valence-electron chi connectivity index (χ4n) is 2.79. The number of ether oxygens (including phenoxy) is 2. The molecule has 0 unspecified atom stereocenters. The molecule has 0 saturated heterocycles. The van der Waals surface area contributed by atoms with E-state index in [0.29, 0.717) is 42.8 Å². The SMILES string of the molecule is COc1cc(/C=N/NC(=O)c2ccc(Cl)cc2)cc(Br)c1OCC(=O)Nc1ccc(C)c(Cl)c1. The molecule has 0 spiro atoms. The number of carbonyl (C=O) groups excluding carboxylic acids is 2. The summed E-state index contributed by atoms with van der Waals surface area (Å²) in [5.41, 5.74) is 4.99. The molecule has 0 aromatic heterocycles. The van der Waals surface area contributed by atoms with Crippen molar-refractivity contribution in [3.8, 4) is 11.5 Å². The molecule has 34 heavy (non-hydrogen) atoms. The zero-order valence-corrected chi connectivity index (χ0v) is 21.3. The standard InChI is InChI=1S/C24H20BrCl2N3O4/c1-14-3-8-18(11-20(14)27)29-22(31)13-34-23-19(25)9-15(10-21(23)33-2)12-28-30-24(32)16-4-6-17(26)7-5-16/h3-12H,13H2,1-2H3,(H,29,31)(H,30,32)/b28-12+. The van der Waals surface area contributed by atoms with Gasteiger partial charge in [0.05, 0.1) is 17.8 Å². The van der Waals surface area contributed by atoms with Crippen molar-refractivity contribution >= 4 is 62.8 Å². The lowest BCUT2D eigenvalue weighted by molar-refractivity contribution is -0.118. The van der Waals surface area contributed by atoms with Gasteiger partial charge in [-0.3, -0.25) is 9.59 Å². The van der Waals surface area contributed by atoms with Gasteiger partial charge in [-0.15, -0.1) is 0 Å². The Morgan fingerprint density at radius 1 is 1.09 bits per heavy atom. The first-order chi connectivity index (χ1) is 16.3. The van der Waals surface area contributed by atoms with Crippen molar-refractivity contribution in [3.63, 3.8) is 0 Å². The van der Waals surface area contributed by atoms with Gasteiger partial charge in [0.15, 0.2) is 18.1 Å². The Morgan fingerprint density at radius 3 is 2.50 bits per heavy atom. The van der Waals surface area contributed by atoms with Gasteiger partial charge >= 0.3 is 0 Å². The molecule has 176 valence electrons. The van der Waals surface area contributed by atoms with Crippen LogP contribution in [0, 0.1) is 6.92 Å². The predicted molar refractivity (Wildman–Crippen MR) is 138 cm³/mol. The monoisotopic (exact) mass is 563 g/mol. The minimum atomic E-state index is -0.375. The van der Waals surface area contributed by atoms with E-state index in [9.17, 15) is 9.59 Å². The number of nitrogens with one attached hydrogen (secondary N) is 2. The molecule has 0 fully saturated rings. The van der Waals surface area contributed by atoms with Gasteiger partial charge in [0.2, 0.25) is 0 Å². The summed E-state index contributed by atoms with van der Waals surface area (Å²) in [6.45, 7) is 1.63. The molecule has 0 heterocycles. The van der Waals surface area contributed by atoms with Gasteiger partial charge in [-0.2, -0.15) is 5.10 Å². The van der Waals surface area contributed by atoms with Crippen molar-refractivity contribution < 1.29 is 19.1 Å². The highest BCUT2D eigenvalue weighted by molar-refractivity contribution is 9.10. The Morgan fingerprint density at radius 2 is 1.82 bits per heavy atom. The predicted octanol–water partition coefficient (Wildman–Crippen LogP) is 5.85. The van der Waals surface area contributed by atoms with E-state index in [2.05, 4.69) is 31.8 Å². The second-order valence-electron chi connectivity index (χ2n) is 7.04. The number of hydrogen-bond donors (Lipinski definition) is 2. The molecule has 0 aliphatic heterocycles. The molecule has 0 radical (unpaired) electrons. The van der Waals surface area contributed by atoms with Crippen LogP contribution >= 0.6 is 39.1 Å². The van der Waals surface area contributed by atoms with Crippen LogP contribution in [0.5, 0.6) is 11.5 Å².